The maximum atomic E-state index is 4.14. The third-order valence-corrected chi connectivity index (χ3v) is 1.25. The Hall–Kier alpha value is -0.310. The van der Waals surface area contributed by atoms with Gasteiger partial charge in [0, 0.05) is 0 Å². The van der Waals surface area contributed by atoms with Crippen LogP contribution >= 0.6 is 11.8 Å². The highest BCUT2D eigenvalue weighted by molar-refractivity contribution is 6.11. The van der Waals surface area contributed by atoms with Crippen molar-refractivity contribution in [2.24, 2.45) is 5.25 Å². The van der Waals surface area contributed by atoms with Crippen LogP contribution in [-0.2, 0) is 0 Å². The van der Waals surface area contributed by atoms with Crippen LogP contribution in [0.1, 0.15) is 0 Å². The summed E-state index contributed by atoms with van der Waals surface area (Å²) in [6, 6.07) is 0. The summed E-state index contributed by atoms with van der Waals surface area (Å²) in [6.07, 6.45) is 3.87. The molecule has 0 rings (SSSR count). The van der Waals surface area contributed by atoms with Gasteiger partial charge in [0.25, 0.3) is 0 Å². The molecule has 66 valence electrons. The molecule has 0 aliphatic rings. The van der Waals surface area contributed by atoms with Gasteiger partial charge in [-0.2, -0.15) is 0 Å². The third kappa shape index (κ3) is 9.69. The average molecular weight is 178 g/mol. The van der Waals surface area contributed by atoms with Crippen LogP contribution < -0.4 is 5.25 Å². The highest BCUT2D eigenvalue weighted by atomic mass is 35.5. The second kappa shape index (κ2) is 7.79. The lowest BCUT2D eigenvalue weighted by atomic mass is 10.4. The van der Waals surface area contributed by atoms with Gasteiger partial charge >= 0.3 is 0 Å². The molecular weight excluding hydrogens is 160 g/mol. The summed E-state index contributed by atoms with van der Waals surface area (Å²) in [7, 11) is 4.31. The predicted octanol–water partition coefficient (Wildman–Crippen LogP) is 1.53. The standard InChI is InChI=1S/C8H16N.ClH2N/c1-5-7-9(3,4)8-6-2;1-2/h5-6H,1-2,7-8H2,3-4H3;2H2/q+1;. The molecule has 0 saturated heterocycles. The Kier molecular flexibility index (Phi) is 9.42. The van der Waals surface area contributed by atoms with Crippen LogP contribution in [0.25, 0.3) is 0 Å². The number of halogens is 1. The van der Waals surface area contributed by atoms with Crippen molar-refractivity contribution in [2.75, 3.05) is 27.2 Å². The van der Waals surface area contributed by atoms with E-state index in [1.54, 1.807) is 0 Å². The van der Waals surface area contributed by atoms with E-state index in [-0.39, 0.29) is 0 Å². The van der Waals surface area contributed by atoms with Crippen molar-refractivity contribution in [3.05, 3.63) is 25.3 Å². The van der Waals surface area contributed by atoms with E-state index < -0.39 is 0 Å². The maximum absolute atomic E-state index is 4.14. The van der Waals surface area contributed by atoms with Crippen LogP contribution in [-0.4, -0.2) is 31.7 Å². The van der Waals surface area contributed by atoms with Crippen LogP contribution in [0.3, 0.4) is 0 Å². The van der Waals surface area contributed by atoms with Crippen LogP contribution in [0.5, 0.6) is 0 Å². The Morgan fingerprint density at radius 3 is 1.64 bits per heavy atom. The largest absolute Gasteiger partial charge is 0.322 e. The van der Waals surface area contributed by atoms with Gasteiger partial charge < -0.3 is 4.48 Å². The normalized spacial score (nSPS) is 9.45. The van der Waals surface area contributed by atoms with E-state index in [0.29, 0.717) is 0 Å². The highest BCUT2D eigenvalue weighted by Gasteiger charge is 2.07. The SMILES string of the molecule is C=CC[N+](C)(C)CC=C.NCl. The van der Waals surface area contributed by atoms with Gasteiger partial charge in [-0.25, -0.2) is 5.25 Å². The Morgan fingerprint density at radius 1 is 1.18 bits per heavy atom. The first-order valence-electron chi connectivity index (χ1n) is 3.38. The fourth-order valence-corrected chi connectivity index (χ4v) is 0.774. The first-order chi connectivity index (χ1) is 5.12. The molecule has 0 aromatic rings. The Morgan fingerprint density at radius 2 is 1.45 bits per heavy atom. The van der Waals surface area contributed by atoms with Gasteiger partial charge in [0.2, 0.25) is 0 Å². The van der Waals surface area contributed by atoms with E-state index in [1.165, 1.54) is 0 Å². The quantitative estimate of drug-likeness (QED) is 0.394. The Bertz CT molecular complexity index is 98.7. The molecule has 0 aromatic heterocycles. The minimum absolute atomic E-state index is 0.951. The van der Waals surface area contributed by atoms with Crippen molar-refractivity contribution in [1.82, 2.24) is 0 Å². The number of rotatable bonds is 4. The monoisotopic (exact) mass is 177 g/mol. The van der Waals surface area contributed by atoms with Gasteiger partial charge in [0.05, 0.1) is 27.2 Å². The van der Waals surface area contributed by atoms with Gasteiger partial charge in [-0.15, -0.1) is 0 Å². The lowest BCUT2D eigenvalue weighted by Gasteiger charge is -2.26. The number of likely N-dealkylation sites (N-methyl/N-ethyl adjacent to an activating group) is 1. The van der Waals surface area contributed by atoms with E-state index in [4.69, 9.17) is 0 Å². The summed E-state index contributed by atoms with van der Waals surface area (Å²) >= 11 is 4.14. The van der Waals surface area contributed by atoms with Gasteiger partial charge in [-0.3, -0.25) is 0 Å². The zero-order valence-corrected chi connectivity index (χ0v) is 8.14. The van der Waals surface area contributed by atoms with E-state index >= 15 is 0 Å². The van der Waals surface area contributed by atoms with Crippen LogP contribution in [0.2, 0.25) is 0 Å². The molecule has 0 fully saturated rings. The molecule has 0 aromatic carbocycles. The molecule has 0 unspecified atom stereocenters. The van der Waals surface area contributed by atoms with Crippen molar-refractivity contribution in [3.63, 3.8) is 0 Å². The van der Waals surface area contributed by atoms with Gasteiger partial charge in [-0.05, 0) is 23.9 Å². The second-order valence-corrected chi connectivity index (χ2v) is 2.88. The lowest BCUT2D eigenvalue weighted by Crippen LogP contribution is -2.39. The molecule has 0 saturated carbocycles. The number of nitrogens with zero attached hydrogens (tertiary/aromatic N) is 1. The summed E-state index contributed by atoms with van der Waals surface area (Å²) < 4.78 is 0.951. The highest BCUT2D eigenvalue weighted by Crippen LogP contribution is 1.95. The van der Waals surface area contributed by atoms with E-state index in [1.807, 2.05) is 12.2 Å². The summed E-state index contributed by atoms with van der Waals surface area (Å²) in [4.78, 5) is 0. The van der Waals surface area contributed by atoms with Crippen LogP contribution in [0, 0.1) is 0 Å². The van der Waals surface area contributed by atoms with Crippen molar-refractivity contribution >= 4 is 11.8 Å². The number of nitrogens with two attached hydrogens (primary N) is 1. The zero-order chi connectivity index (χ0) is 9.33. The van der Waals surface area contributed by atoms with Crippen molar-refractivity contribution in [2.45, 2.75) is 0 Å². The summed E-state index contributed by atoms with van der Waals surface area (Å²) in [5.74, 6) is 0. The molecule has 3 heteroatoms. The fraction of sp³-hybridized carbons (Fsp3) is 0.500. The van der Waals surface area contributed by atoms with E-state index in [9.17, 15) is 0 Å². The predicted molar refractivity (Wildman–Crippen MR) is 52.3 cm³/mol. The van der Waals surface area contributed by atoms with Gasteiger partial charge in [0.1, 0.15) is 0 Å². The molecule has 0 spiro atoms. The van der Waals surface area contributed by atoms with Crippen molar-refractivity contribution < 1.29 is 4.48 Å². The maximum Gasteiger partial charge on any atom is 0.0969 e. The third-order valence-electron chi connectivity index (χ3n) is 1.25. The second-order valence-electron chi connectivity index (χ2n) is 2.88. The Balaban J connectivity index is 0. The van der Waals surface area contributed by atoms with Gasteiger partial charge in [0.15, 0.2) is 0 Å². The van der Waals surface area contributed by atoms with Crippen LogP contribution in [0.4, 0.5) is 0 Å². The summed E-state index contributed by atoms with van der Waals surface area (Å²) in [5, 5.41) is 3.97. The molecule has 2 nitrogen and oxygen atoms in total. The van der Waals surface area contributed by atoms with E-state index in [0.717, 1.165) is 17.6 Å². The minimum Gasteiger partial charge on any atom is -0.322 e. The topological polar surface area (TPSA) is 26.0 Å². The molecule has 0 radical (unpaired) electrons. The lowest BCUT2D eigenvalue weighted by molar-refractivity contribution is -0.878. The number of quaternary nitrogens is 1. The molecule has 0 aliphatic carbocycles. The van der Waals surface area contributed by atoms with Gasteiger partial charge in [-0.1, -0.05) is 13.2 Å². The first kappa shape index (κ1) is 13.3. The average Bonchev–Trinajstić information content (AvgIpc) is 1.91. The first-order valence-corrected chi connectivity index (χ1v) is 3.81. The molecule has 0 amide bonds. The smallest absolute Gasteiger partial charge is 0.0969 e. The van der Waals surface area contributed by atoms with Crippen molar-refractivity contribution in [3.8, 4) is 0 Å². The Labute approximate surface area is 74.6 Å². The molecule has 0 atom stereocenters. The molecular formula is C8H18ClN2+. The zero-order valence-electron chi connectivity index (χ0n) is 7.39. The van der Waals surface area contributed by atoms with Crippen LogP contribution in [0.15, 0.2) is 25.3 Å². The summed E-state index contributed by atoms with van der Waals surface area (Å²) in [6.45, 7) is 9.37. The summed E-state index contributed by atoms with van der Waals surface area (Å²) in [5.41, 5.74) is 0. The molecule has 0 bridgehead atoms. The van der Waals surface area contributed by atoms with Crippen molar-refractivity contribution in [1.29, 1.82) is 0 Å². The molecule has 2 N–H and O–H groups in total. The number of hydrogen-bond acceptors (Lipinski definition) is 1. The minimum atomic E-state index is 0.951. The number of hydrogen-bond donors (Lipinski definition) is 1. The molecule has 0 heterocycles. The molecule has 11 heavy (non-hydrogen) atoms. The van der Waals surface area contributed by atoms with E-state index in [2.05, 4.69) is 44.3 Å². The fourth-order valence-electron chi connectivity index (χ4n) is 0.774. The molecule has 0 aliphatic heterocycles.